The molecular formula is C55H106O6. The van der Waals surface area contributed by atoms with Gasteiger partial charge in [-0.2, -0.15) is 0 Å². The Hall–Kier alpha value is -1.59. The molecular weight excluding hydrogens is 757 g/mol. The Morgan fingerprint density at radius 3 is 0.803 bits per heavy atom. The van der Waals surface area contributed by atoms with Crippen molar-refractivity contribution >= 4 is 17.9 Å². The van der Waals surface area contributed by atoms with Gasteiger partial charge in [0.15, 0.2) is 6.10 Å². The number of carbonyl (C=O) groups is 3. The van der Waals surface area contributed by atoms with Gasteiger partial charge in [0.05, 0.1) is 0 Å². The van der Waals surface area contributed by atoms with E-state index >= 15 is 0 Å². The van der Waals surface area contributed by atoms with E-state index in [9.17, 15) is 14.4 Å². The predicted octanol–water partition coefficient (Wildman–Crippen LogP) is 17.7. The van der Waals surface area contributed by atoms with Crippen molar-refractivity contribution in [2.45, 2.75) is 310 Å². The lowest BCUT2D eigenvalue weighted by Gasteiger charge is -2.18. The highest BCUT2D eigenvalue weighted by atomic mass is 16.6. The SMILES string of the molecule is CCCCCCCCCCCCCCC(=O)O[C@H](COC(=O)CCCCCCCCCCCCCCCCC(C)C)COC(=O)CCCCCCCCCCCCCC(C)C. The van der Waals surface area contributed by atoms with Gasteiger partial charge in [0.25, 0.3) is 0 Å². The van der Waals surface area contributed by atoms with Crippen molar-refractivity contribution in [2.24, 2.45) is 11.8 Å². The van der Waals surface area contributed by atoms with Gasteiger partial charge in [0.2, 0.25) is 0 Å². The molecule has 0 aromatic rings. The minimum Gasteiger partial charge on any atom is -0.462 e. The molecule has 61 heavy (non-hydrogen) atoms. The van der Waals surface area contributed by atoms with Crippen LogP contribution in [0.15, 0.2) is 0 Å². The maximum Gasteiger partial charge on any atom is 0.306 e. The Morgan fingerprint density at radius 2 is 0.541 bits per heavy atom. The zero-order chi connectivity index (χ0) is 44.7. The van der Waals surface area contributed by atoms with Crippen molar-refractivity contribution < 1.29 is 28.6 Å². The van der Waals surface area contributed by atoms with E-state index in [1.54, 1.807) is 0 Å². The Bertz CT molecular complexity index is 931. The van der Waals surface area contributed by atoms with Crippen molar-refractivity contribution in [1.82, 2.24) is 0 Å². The molecule has 0 bridgehead atoms. The van der Waals surface area contributed by atoms with E-state index < -0.39 is 6.10 Å². The molecule has 0 amide bonds. The first kappa shape index (κ1) is 59.4. The Labute approximate surface area is 380 Å². The highest BCUT2D eigenvalue weighted by Crippen LogP contribution is 2.18. The van der Waals surface area contributed by atoms with Gasteiger partial charge in [-0.15, -0.1) is 0 Å². The molecule has 0 radical (unpaired) electrons. The van der Waals surface area contributed by atoms with Crippen LogP contribution in [0.3, 0.4) is 0 Å². The molecule has 6 nitrogen and oxygen atoms in total. The van der Waals surface area contributed by atoms with Crippen molar-refractivity contribution in [3.8, 4) is 0 Å². The molecule has 6 heteroatoms. The minimum atomic E-state index is -0.761. The summed E-state index contributed by atoms with van der Waals surface area (Å²) in [6.07, 6.45) is 49.4. The van der Waals surface area contributed by atoms with Gasteiger partial charge < -0.3 is 14.2 Å². The first-order valence-corrected chi connectivity index (χ1v) is 27.2. The largest absolute Gasteiger partial charge is 0.462 e. The molecule has 0 aliphatic rings. The monoisotopic (exact) mass is 863 g/mol. The average Bonchev–Trinajstić information content (AvgIpc) is 3.23. The second-order valence-corrected chi connectivity index (χ2v) is 19.8. The standard InChI is InChI=1S/C55H106O6/c1-6-7-8-9-10-11-12-20-27-32-37-42-47-55(58)61-52(49-60-54(57)46-41-36-31-26-22-17-19-24-29-34-39-44-51(4)5)48-59-53(56)45-40-35-30-25-21-16-14-13-15-18-23-28-33-38-43-50(2)3/h50-52H,6-49H2,1-5H3/t52-/m1/s1. The summed E-state index contributed by atoms with van der Waals surface area (Å²) >= 11 is 0. The smallest absolute Gasteiger partial charge is 0.306 e. The fourth-order valence-corrected chi connectivity index (χ4v) is 8.34. The normalized spacial score (nSPS) is 12.0. The van der Waals surface area contributed by atoms with Crippen molar-refractivity contribution in [1.29, 1.82) is 0 Å². The molecule has 0 saturated heterocycles. The summed E-state index contributed by atoms with van der Waals surface area (Å²) in [6, 6.07) is 0. The van der Waals surface area contributed by atoms with Crippen LogP contribution in [0.5, 0.6) is 0 Å². The molecule has 0 aliphatic carbocycles. The number of carbonyl (C=O) groups excluding carboxylic acids is 3. The lowest BCUT2D eigenvalue weighted by atomic mass is 10.0. The van der Waals surface area contributed by atoms with Crippen molar-refractivity contribution in [3.05, 3.63) is 0 Å². The highest BCUT2D eigenvalue weighted by Gasteiger charge is 2.19. The molecule has 0 saturated carbocycles. The van der Waals surface area contributed by atoms with Gasteiger partial charge in [0, 0.05) is 19.3 Å². The van der Waals surface area contributed by atoms with Crippen LogP contribution in [0.1, 0.15) is 304 Å². The van der Waals surface area contributed by atoms with Crippen LogP contribution in [0.2, 0.25) is 0 Å². The third-order valence-electron chi connectivity index (χ3n) is 12.5. The summed E-state index contributed by atoms with van der Waals surface area (Å²) in [5, 5.41) is 0. The van der Waals surface area contributed by atoms with Crippen LogP contribution in [-0.2, 0) is 28.6 Å². The molecule has 0 N–H and O–H groups in total. The first-order valence-electron chi connectivity index (χ1n) is 27.2. The highest BCUT2D eigenvalue weighted by molar-refractivity contribution is 5.71. The molecule has 0 fully saturated rings. The lowest BCUT2D eigenvalue weighted by molar-refractivity contribution is -0.167. The van der Waals surface area contributed by atoms with Crippen molar-refractivity contribution in [2.75, 3.05) is 13.2 Å². The quantitative estimate of drug-likeness (QED) is 0.0344. The zero-order valence-electron chi connectivity index (χ0n) is 41.8. The number of unbranched alkanes of at least 4 members (excludes halogenated alkanes) is 34. The second-order valence-electron chi connectivity index (χ2n) is 19.8. The first-order chi connectivity index (χ1) is 29.7. The zero-order valence-corrected chi connectivity index (χ0v) is 41.8. The lowest BCUT2D eigenvalue weighted by Crippen LogP contribution is -2.30. The summed E-state index contributed by atoms with van der Waals surface area (Å²) in [6.45, 7) is 11.4. The third-order valence-corrected chi connectivity index (χ3v) is 12.5. The molecule has 0 unspecified atom stereocenters. The molecule has 362 valence electrons. The summed E-state index contributed by atoms with van der Waals surface area (Å²) in [7, 11) is 0. The van der Waals surface area contributed by atoms with Crippen LogP contribution >= 0.6 is 0 Å². The maximum atomic E-state index is 12.8. The molecule has 0 aromatic heterocycles. The Morgan fingerprint density at radius 1 is 0.311 bits per heavy atom. The number of hydrogen-bond donors (Lipinski definition) is 0. The molecule has 0 aromatic carbocycles. The van der Waals surface area contributed by atoms with Gasteiger partial charge in [-0.1, -0.05) is 266 Å². The second kappa shape index (κ2) is 47.9. The minimum absolute atomic E-state index is 0.0631. The van der Waals surface area contributed by atoms with Gasteiger partial charge >= 0.3 is 17.9 Å². The van der Waals surface area contributed by atoms with Gasteiger partial charge in [-0.25, -0.2) is 0 Å². The summed E-state index contributed by atoms with van der Waals surface area (Å²) in [5.74, 6) is 0.828. The third kappa shape index (κ3) is 49.3. The molecule has 0 aliphatic heterocycles. The summed E-state index contributed by atoms with van der Waals surface area (Å²) < 4.78 is 16.8. The summed E-state index contributed by atoms with van der Waals surface area (Å²) in [4.78, 5) is 38.0. The van der Waals surface area contributed by atoms with Crippen LogP contribution in [0.25, 0.3) is 0 Å². The predicted molar refractivity (Wildman–Crippen MR) is 261 cm³/mol. The van der Waals surface area contributed by atoms with E-state index in [4.69, 9.17) is 14.2 Å². The van der Waals surface area contributed by atoms with Crippen LogP contribution in [0, 0.1) is 11.8 Å². The van der Waals surface area contributed by atoms with Crippen molar-refractivity contribution in [3.63, 3.8) is 0 Å². The Kier molecular flexibility index (Phi) is 46.6. The number of ether oxygens (including phenoxy) is 3. The molecule has 0 rings (SSSR count). The van der Waals surface area contributed by atoms with E-state index in [1.165, 1.54) is 193 Å². The van der Waals surface area contributed by atoms with E-state index in [-0.39, 0.29) is 31.1 Å². The molecule has 0 spiro atoms. The molecule has 0 heterocycles. The van der Waals surface area contributed by atoms with Gasteiger partial charge in [-0.05, 0) is 31.1 Å². The topological polar surface area (TPSA) is 78.9 Å². The van der Waals surface area contributed by atoms with Crippen LogP contribution in [-0.4, -0.2) is 37.2 Å². The summed E-state index contributed by atoms with van der Waals surface area (Å²) in [5.41, 5.74) is 0. The maximum absolute atomic E-state index is 12.8. The van der Waals surface area contributed by atoms with E-state index in [0.717, 1.165) is 69.6 Å². The fourth-order valence-electron chi connectivity index (χ4n) is 8.34. The van der Waals surface area contributed by atoms with Gasteiger partial charge in [0.1, 0.15) is 13.2 Å². The van der Waals surface area contributed by atoms with E-state index in [1.807, 2.05) is 0 Å². The average molecular weight is 863 g/mol. The fraction of sp³-hybridized carbons (Fsp3) is 0.945. The molecule has 1 atom stereocenters. The number of hydrogen-bond acceptors (Lipinski definition) is 6. The van der Waals surface area contributed by atoms with E-state index in [0.29, 0.717) is 19.3 Å². The van der Waals surface area contributed by atoms with Crippen LogP contribution in [0.4, 0.5) is 0 Å². The Balaban J connectivity index is 4.28. The number of esters is 3. The van der Waals surface area contributed by atoms with Gasteiger partial charge in [-0.3, -0.25) is 14.4 Å². The van der Waals surface area contributed by atoms with Crippen LogP contribution < -0.4 is 0 Å². The number of rotatable bonds is 49. The van der Waals surface area contributed by atoms with E-state index in [2.05, 4.69) is 34.6 Å².